The first-order valence-corrected chi connectivity index (χ1v) is 6.21. The zero-order chi connectivity index (χ0) is 13.3. The molecule has 0 fully saturated rings. The third-order valence-corrected chi connectivity index (χ3v) is 2.62. The number of pyridine rings is 2. The number of hydrogen-bond donors (Lipinski definition) is 0. The summed E-state index contributed by atoms with van der Waals surface area (Å²) in [5, 5.41) is 0. The Bertz CT molecular complexity index is 578. The molecule has 2 nitrogen and oxygen atoms in total. The molecule has 0 aliphatic heterocycles. The van der Waals surface area contributed by atoms with E-state index >= 15 is 0 Å². The van der Waals surface area contributed by atoms with E-state index in [0.717, 1.165) is 5.56 Å². The lowest BCUT2D eigenvalue weighted by molar-refractivity contribution is -0.671. The van der Waals surface area contributed by atoms with Gasteiger partial charge >= 0.3 is 0 Å². The highest BCUT2D eigenvalue weighted by Crippen LogP contribution is 2.00. The third kappa shape index (κ3) is 4.72. The standard InChI is InChI=1S/C17H17N2/c1-19-14-10-17(11-15-19)7-5-3-2-4-6-16-8-12-18-13-9-16/h2-15H,1H3/q+1. The molecule has 0 unspecified atom stereocenters. The Balaban J connectivity index is 1.87. The summed E-state index contributed by atoms with van der Waals surface area (Å²) in [5.41, 5.74) is 2.35. The smallest absolute Gasteiger partial charge is 0.169 e. The molecule has 94 valence electrons. The predicted molar refractivity (Wildman–Crippen MR) is 79.1 cm³/mol. The number of aryl methyl sites for hydroxylation is 1. The van der Waals surface area contributed by atoms with Crippen LogP contribution in [-0.2, 0) is 7.05 Å². The minimum atomic E-state index is 1.15. The number of hydrogen-bond acceptors (Lipinski definition) is 1. The van der Waals surface area contributed by atoms with Crippen LogP contribution in [0, 0.1) is 0 Å². The molecule has 2 aromatic heterocycles. The molecule has 0 saturated carbocycles. The minimum Gasteiger partial charge on any atom is -0.265 e. The summed E-state index contributed by atoms with van der Waals surface area (Å²) >= 11 is 0. The van der Waals surface area contributed by atoms with Crippen LogP contribution < -0.4 is 4.57 Å². The van der Waals surface area contributed by atoms with Crippen molar-refractivity contribution in [1.29, 1.82) is 0 Å². The zero-order valence-corrected chi connectivity index (χ0v) is 11.0. The molecule has 0 aromatic carbocycles. The van der Waals surface area contributed by atoms with Gasteiger partial charge in [0, 0.05) is 24.5 Å². The molecule has 2 rings (SSSR count). The molecule has 0 aliphatic rings. The fourth-order valence-electron chi connectivity index (χ4n) is 1.56. The first-order valence-electron chi connectivity index (χ1n) is 6.21. The van der Waals surface area contributed by atoms with Gasteiger partial charge in [0.1, 0.15) is 7.05 Å². The second-order valence-electron chi connectivity index (χ2n) is 4.18. The van der Waals surface area contributed by atoms with Gasteiger partial charge in [-0.15, -0.1) is 0 Å². The van der Waals surface area contributed by atoms with Crippen molar-refractivity contribution in [1.82, 2.24) is 4.98 Å². The van der Waals surface area contributed by atoms with E-state index in [-0.39, 0.29) is 0 Å². The first-order chi connectivity index (χ1) is 9.34. The van der Waals surface area contributed by atoms with Crippen LogP contribution in [0.4, 0.5) is 0 Å². The van der Waals surface area contributed by atoms with E-state index in [4.69, 9.17) is 0 Å². The topological polar surface area (TPSA) is 16.8 Å². The molecule has 0 saturated heterocycles. The SMILES string of the molecule is C[n+]1ccc(C=CC=CC=Cc2ccncc2)cc1. The minimum absolute atomic E-state index is 1.15. The lowest BCUT2D eigenvalue weighted by atomic mass is 10.2. The van der Waals surface area contributed by atoms with Gasteiger partial charge in [0.2, 0.25) is 0 Å². The van der Waals surface area contributed by atoms with Crippen LogP contribution in [0.2, 0.25) is 0 Å². The van der Waals surface area contributed by atoms with Crippen molar-refractivity contribution in [2.75, 3.05) is 0 Å². The summed E-state index contributed by atoms with van der Waals surface area (Å²) in [7, 11) is 2.01. The molecule has 0 bridgehead atoms. The summed E-state index contributed by atoms with van der Waals surface area (Å²) in [6, 6.07) is 8.11. The van der Waals surface area contributed by atoms with E-state index in [9.17, 15) is 0 Å². The maximum Gasteiger partial charge on any atom is 0.169 e. The van der Waals surface area contributed by atoms with Crippen molar-refractivity contribution in [3.63, 3.8) is 0 Å². The van der Waals surface area contributed by atoms with Crippen molar-refractivity contribution in [3.05, 3.63) is 84.5 Å². The van der Waals surface area contributed by atoms with Gasteiger partial charge in [-0.2, -0.15) is 0 Å². The Kier molecular flexibility index (Phi) is 4.82. The average molecular weight is 249 g/mol. The maximum atomic E-state index is 3.98. The summed E-state index contributed by atoms with van der Waals surface area (Å²) < 4.78 is 2.02. The van der Waals surface area contributed by atoms with Crippen molar-refractivity contribution in [2.45, 2.75) is 0 Å². The van der Waals surface area contributed by atoms with Crippen LogP contribution in [0.1, 0.15) is 11.1 Å². The molecule has 0 amide bonds. The quantitative estimate of drug-likeness (QED) is 0.600. The highest BCUT2D eigenvalue weighted by atomic mass is 14.9. The van der Waals surface area contributed by atoms with Gasteiger partial charge in [-0.3, -0.25) is 4.98 Å². The van der Waals surface area contributed by atoms with Crippen LogP contribution in [0.25, 0.3) is 12.2 Å². The molecule has 19 heavy (non-hydrogen) atoms. The summed E-state index contributed by atoms with van der Waals surface area (Å²) in [6.07, 6.45) is 19.9. The van der Waals surface area contributed by atoms with E-state index in [1.165, 1.54) is 5.56 Å². The van der Waals surface area contributed by atoms with Crippen molar-refractivity contribution in [3.8, 4) is 0 Å². The van der Waals surface area contributed by atoms with Crippen molar-refractivity contribution >= 4 is 12.2 Å². The van der Waals surface area contributed by atoms with E-state index < -0.39 is 0 Å². The fraction of sp³-hybridized carbons (Fsp3) is 0.0588. The first kappa shape index (κ1) is 13.0. The molecular formula is C17H17N2+. The van der Waals surface area contributed by atoms with Gasteiger partial charge in [0.25, 0.3) is 0 Å². The fourth-order valence-corrected chi connectivity index (χ4v) is 1.56. The largest absolute Gasteiger partial charge is 0.265 e. The van der Waals surface area contributed by atoms with Crippen LogP contribution >= 0.6 is 0 Å². The molecule has 2 aromatic rings. The molecule has 0 radical (unpaired) electrons. The third-order valence-electron chi connectivity index (χ3n) is 2.62. The number of aromatic nitrogens is 2. The van der Waals surface area contributed by atoms with E-state index in [2.05, 4.69) is 29.3 Å². The Morgan fingerprint density at radius 2 is 1.32 bits per heavy atom. The molecule has 2 heterocycles. The normalized spacial score (nSPS) is 11.8. The number of rotatable bonds is 4. The van der Waals surface area contributed by atoms with E-state index in [1.54, 1.807) is 12.4 Å². The van der Waals surface area contributed by atoms with Gasteiger partial charge in [-0.25, -0.2) is 4.57 Å². The summed E-state index contributed by atoms with van der Waals surface area (Å²) in [4.78, 5) is 3.98. The number of allylic oxidation sites excluding steroid dienone is 4. The Morgan fingerprint density at radius 1 is 0.789 bits per heavy atom. The van der Waals surface area contributed by atoms with E-state index in [1.807, 2.05) is 60.4 Å². The summed E-state index contributed by atoms with van der Waals surface area (Å²) in [5.74, 6) is 0. The van der Waals surface area contributed by atoms with Gasteiger partial charge in [-0.05, 0) is 23.3 Å². The lowest BCUT2D eigenvalue weighted by Crippen LogP contribution is -2.25. The molecular weight excluding hydrogens is 232 g/mol. The highest BCUT2D eigenvalue weighted by Gasteiger charge is 1.89. The second kappa shape index (κ2) is 7.07. The molecule has 0 N–H and O–H groups in total. The van der Waals surface area contributed by atoms with Crippen molar-refractivity contribution < 1.29 is 4.57 Å². The van der Waals surface area contributed by atoms with Crippen molar-refractivity contribution in [2.24, 2.45) is 7.05 Å². The second-order valence-corrected chi connectivity index (χ2v) is 4.18. The molecule has 2 heteroatoms. The van der Waals surface area contributed by atoms with Crippen LogP contribution in [0.5, 0.6) is 0 Å². The number of nitrogens with zero attached hydrogens (tertiary/aromatic N) is 2. The Hall–Kier alpha value is -2.48. The Morgan fingerprint density at radius 3 is 1.89 bits per heavy atom. The van der Waals surface area contributed by atoms with Gasteiger partial charge in [0.15, 0.2) is 12.4 Å². The van der Waals surface area contributed by atoms with Crippen LogP contribution in [-0.4, -0.2) is 4.98 Å². The predicted octanol–water partition coefficient (Wildman–Crippen LogP) is 3.19. The van der Waals surface area contributed by atoms with E-state index in [0.29, 0.717) is 0 Å². The maximum absolute atomic E-state index is 3.98. The summed E-state index contributed by atoms with van der Waals surface area (Å²) in [6.45, 7) is 0. The zero-order valence-electron chi connectivity index (χ0n) is 11.0. The van der Waals surface area contributed by atoms with Crippen LogP contribution in [0.3, 0.4) is 0 Å². The monoisotopic (exact) mass is 249 g/mol. The molecule has 0 spiro atoms. The van der Waals surface area contributed by atoms with Gasteiger partial charge in [-0.1, -0.05) is 36.5 Å². The van der Waals surface area contributed by atoms with Gasteiger partial charge < -0.3 is 0 Å². The molecule has 0 atom stereocenters. The highest BCUT2D eigenvalue weighted by molar-refractivity contribution is 5.52. The molecule has 0 aliphatic carbocycles. The Labute approximate surface area is 114 Å². The average Bonchev–Trinajstić information content (AvgIpc) is 2.46. The lowest BCUT2D eigenvalue weighted by Gasteiger charge is -1.89. The van der Waals surface area contributed by atoms with Gasteiger partial charge in [0.05, 0.1) is 0 Å². The van der Waals surface area contributed by atoms with Crippen LogP contribution in [0.15, 0.2) is 73.4 Å².